The van der Waals surface area contributed by atoms with E-state index in [1.165, 1.54) is 19.2 Å². The summed E-state index contributed by atoms with van der Waals surface area (Å²) in [7, 11) is -1.97. The van der Waals surface area contributed by atoms with Crippen LogP contribution >= 0.6 is 0 Å². The van der Waals surface area contributed by atoms with Gasteiger partial charge in [0.25, 0.3) is 5.91 Å². The topological polar surface area (TPSA) is 94.5 Å². The van der Waals surface area contributed by atoms with Crippen LogP contribution in [-0.2, 0) is 14.6 Å². The fourth-order valence-corrected chi connectivity index (χ4v) is 4.82. The van der Waals surface area contributed by atoms with Crippen molar-refractivity contribution in [2.24, 2.45) is 0 Å². The molecule has 0 atom stereocenters. The third kappa shape index (κ3) is 4.94. The molecular weight excluding hydrogens is 476 g/mol. The number of hydrogen-bond donors (Lipinski definition) is 1. The Morgan fingerprint density at radius 1 is 0.889 bits per heavy atom. The standard InChI is InChI=1S/C28H26N2O5S/c1-18-16-25(27(31)29-22-12-14-23(15-13-22)36(4,33)34)19(2)30(18)26-11-6-5-10-24(26)20-8-7-9-21(17-20)28(32)35-3/h5-17H,1-4H3,(H,29,31). The van der Waals surface area contributed by atoms with Crippen LogP contribution in [0.2, 0.25) is 0 Å². The number of carbonyl (C=O) groups excluding carboxylic acids is 2. The summed E-state index contributed by atoms with van der Waals surface area (Å²) < 4.78 is 30.2. The molecule has 0 aliphatic rings. The summed E-state index contributed by atoms with van der Waals surface area (Å²) >= 11 is 0. The molecule has 36 heavy (non-hydrogen) atoms. The zero-order valence-corrected chi connectivity index (χ0v) is 21.2. The number of rotatable bonds is 6. The highest BCUT2D eigenvalue weighted by molar-refractivity contribution is 7.90. The molecule has 0 bridgehead atoms. The number of methoxy groups -OCH3 is 1. The minimum Gasteiger partial charge on any atom is -0.465 e. The van der Waals surface area contributed by atoms with Gasteiger partial charge in [0.05, 0.1) is 28.8 Å². The Bertz CT molecular complexity index is 1570. The minimum absolute atomic E-state index is 0.187. The van der Waals surface area contributed by atoms with Gasteiger partial charge in [0.1, 0.15) is 0 Å². The van der Waals surface area contributed by atoms with Crippen LogP contribution < -0.4 is 5.32 Å². The highest BCUT2D eigenvalue weighted by atomic mass is 32.2. The molecular formula is C28H26N2O5S. The van der Waals surface area contributed by atoms with Crippen LogP contribution in [0.1, 0.15) is 32.1 Å². The maximum Gasteiger partial charge on any atom is 0.337 e. The Labute approximate surface area is 210 Å². The summed E-state index contributed by atoms with van der Waals surface area (Å²) in [5, 5.41) is 2.84. The van der Waals surface area contributed by atoms with E-state index in [0.29, 0.717) is 16.8 Å². The molecule has 1 N–H and O–H groups in total. The lowest BCUT2D eigenvalue weighted by Gasteiger charge is -2.16. The average molecular weight is 503 g/mol. The first-order valence-electron chi connectivity index (χ1n) is 11.2. The van der Waals surface area contributed by atoms with E-state index in [1.807, 2.05) is 60.9 Å². The van der Waals surface area contributed by atoms with Gasteiger partial charge in [-0.25, -0.2) is 13.2 Å². The largest absolute Gasteiger partial charge is 0.465 e. The van der Waals surface area contributed by atoms with E-state index in [1.54, 1.807) is 24.3 Å². The zero-order chi connectivity index (χ0) is 26.0. The van der Waals surface area contributed by atoms with E-state index in [-0.39, 0.29) is 10.8 Å². The first-order chi connectivity index (χ1) is 17.1. The van der Waals surface area contributed by atoms with E-state index in [9.17, 15) is 18.0 Å². The number of para-hydroxylation sites is 1. The minimum atomic E-state index is -3.32. The number of nitrogens with one attached hydrogen (secondary N) is 1. The van der Waals surface area contributed by atoms with Crippen molar-refractivity contribution in [3.05, 3.63) is 101 Å². The van der Waals surface area contributed by atoms with Crippen LogP contribution in [0.5, 0.6) is 0 Å². The molecule has 1 aromatic heterocycles. The van der Waals surface area contributed by atoms with Crippen LogP contribution in [0, 0.1) is 13.8 Å². The number of ether oxygens (including phenoxy) is 1. The fraction of sp³-hybridized carbons (Fsp3) is 0.143. The van der Waals surface area contributed by atoms with Gasteiger partial charge in [-0.2, -0.15) is 0 Å². The number of amides is 1. The molecule has 1 amide bonds. The van der Waals surface area contributed by atoms with Crippen molar-refractivity contribution in [2.45, 2.75) is 18.7 Å². The summed E-state index contributed by atoms with van der Waals surface area (Å²) in [5.41, 5.74) is 5.66. The predicted molar refractivity (Wildman–Crippen MR) is 140 cm³/mol. The molecule has 0 fully saturated rings. The lowest BCUT2D eigenvalue weighted by Crippen LogP contribution is -2.13. The van der Waals surface area contributed by atoms with Crippen LogP contribution in [0.3, 0.4) is 0 Å². The van der Waals surface area contributed by atoms with Gasteiger partial charge < -0.3 is 14.6 Å². The fourth-order valence-electron chi connectivity index (χ4n) is 4.19. The van der Waals surface area contributed by atoms with E-state index >= 15 is 0 Å². The van der Waals surface area contributed by atoms with Crippen molar-refractivity contribution in [2.75, 3.05) is 18.7 Å². The molecule has 184 valence electrons. The SMILES string of the molecule is COC(=O)c1cccc(-c2ccccc2-n2c(C)cc(C(=O)Nc3ccc(S(C)(=O)=O)cc3)c2C)c1. The molecule has 0 spiro atoms. The number of aryl methyl sites for hydroxylation is 1. The van der Waals surface area contributed by atoms with E-state index < -0.39 is 15.8 Å². The van der Waals surface area contributed by atoms with E-state index in [0.717, 1.165) is 34.5 Å². The highest BCUT2D eigenvalue weighted by Gasteiger charge is 2.19. The highest BCUT2D eigenvalue weighted by Crippen LogP contribution is 2.31. The monoisotopic (exact) mass is 502 g/mol. The van der Waals surface area contributed by atoms with E-state index in [2.05, 4.69) is 5.32 Å². The number of carbonyl (C=O) groups is 2. The van der Waals surface area contributed by atoms with Crippen LogP contribution in [0.15, 0.2) is 83.8 Å². The molecule has 0 aliphatic heterocycles. The Morgan fingerprint density at radius 2 is 1.58 bits per heavy atom. The van der Waals surface area contributed by atoms with Crippen LogP contribution in [0.25, 0.3) is 16.8 Å². The molecule has 4 aromatic rings. The van der Waals surface area contributed by atoms with E-state index in [4.69, 9.17) is 4.74 Å². The van der Waals surface area contributed by atoms with Gasteiger partial charge in [-0.1, -0.05) is 30.3 Å². The van der Waals surface area contributed by atoms with Crippen molar-refractivity contribution >= 4 is 27.4 Å². The number of nitrogens with zero attached hydrogens (tertiary/aromatic N) is 1. The Kier molecular flexibility index (Phi) is 6.81. The molecule has 0 saturated heterocycles. The lowest BCUT2D eigenvalue weighted by molar-refractivity contribution is 0.0600. The van der Waals surface area contributed by atoms with Crippen molar-refractivity contribution in [1.29, 1.82) is 0 Å². The van der Waals surface area contributed by atoms with Gasteiger partial charge in [0.15, 0.2) is 9.84 Å². The maximum atomic E-state index is 13.1. The van der Waals surface area contributed by atoms with Gasteiger partial charge in [0, 0.05) is 28.9 Å². The van der Waals surface area contributed by atoms with Crippen LogP contribution in [0.4, 0.5) is 5.69 Å². The Hall–Kier alpha value is -4.17. The average Bonchev–Trinajstić information content (AvgIpc) is 3.17. The second-order valence-corrected chi connectivity index (χ2v) is 10.5. The summed E-state index contributed by atoms with van der Waals surface area (Å²) in [5.74, 6) is -0.710. The smallest absolute Gasteiger partial charge is 0.337 e. The van der Waals surface area contributed by atoms with Crippen molar-refractivity contribution in [1.82, 2.24) is 4.57 Å². The van der Waals surface area contributed by atoms with Crippen molar-refractivity contribution in [3.63, 3.8) is 0 Å². The Morgan fingerprint density at radius 3 is 2.25 bits per heavy atom. The number of aromatic nitrogens is 1. The van der Waals surface area contributed by atoms with Crippen LogP contribution in [-0.4, -0.2) is 38.2 Å². The van der Waals surface area contributed by atoms with Gasteiger partial charge in [-0.15, -0.1) is 0 Å². The van der Waals surface area contributed by atoms with Gasteiger partial charge in [-0.3, -0.25) is 4.79 Å². The number of benzene rings is 3. The molecule has 1 heterocycles. The zero-order valence-electron chi connectivity index (χ0n) is 20.4. The number of esters is 1. The normalized spacial score (nSPS) is 11.2. The third-order valence-electron chi connectivity index (χ3n) is 5.96. The molecule has 4 rings (SSSR count). The first kappa shape index (κ1) is 24.9. The maximum absolute atomic E-state index is 13.1. The molecule has 0 aliphatic carbocycles. The first-order valence-corrected chi connectivity index (χ1v) is 13.1. The predicted octanol–water partition coefficient (Wildman–Crippen LogP) is 5.20. The number of sulfone groups is 1. The van der Waals surface area contributed by atoms with Gasteiger partial charge in [0.2, 0.25) is 0 Å². The molecule has 7 nitrogen and oxygen atoms in total. The molecule has 0 saturated carbocycles. The van der Waals surface area contributed by atoms with Gasteiger partial charge >= 0.3 is 5.97 Å². The number of hydrogen-bond acceptors (Lipinski definition) is 5. The third-order valence-corrected chi connectivity index (χ3v) is 7.08. The quantitative estimate of drug-likeness (QED) is 0.366. The summed E-state index contributed by atoms with van der Waals surface area (Å²) in [6.45, 7) is 3.79. The second-order valence-electron chi connectivity index (χ2n) is 8.46. The summed E-state index contributed by atoms with van der Waals surface area (Å²) in [6, 6.07) is 22.9. The molecule has 0 radical (unpaired) electrons. The number of anilines is 1. The van der Waals surface area contributed by atoms with Crippen molar-refractivity contribution in [3.8, 4) is 16.8 Å². The Balaban J connectivity index is 1.70. The molecule has 0 unspecified atom stereocenters. The van der Waals surface area contributed by atoms with Gasteiger partial charge in [-0.05, 0) is 67.9 Å². The second kappa shape index (κ2) is 9.83. The molecule has 3 aromatic carbocycles. The van der Waals surface area contributed by atoms with Crippen molar-refractivity contribution < 1.29 is 22.7 Å². The lowest BCUT2D eigenvalue weighted by atomic mass is 10.0. The molecule has 8 heteroatoms. The summed E-state index contributed by atoms with van der Waals surface area (Å²) in [4.78, 5) is 25.4. The summed E-state index contributed by atoms with van der Waals surface area (Å²) in [6.07, 6.45) is 1.14.